The van der Waals surface area contributed by atoms with E-state index in [-0.39, 0.29) is 10.5 Å². The van der Waals surface area contributed by atoms with Crippen LogP contribution in [0.15, 0.2) is 70.9 Å². The molecule has 146 valence electrons. The maximum Gasteiger partial charge on any atom is 0.257 e. The number of benzene rings is 3. The topological polar surface area (TPSA) is 76.1 Å². The lowest BCUT2D eigenvalue weighted by Crippen LogP contribution is -2.13. The summed E-state index contributed by atoms with van der Waals surface area (Å²) in [5.41, 5.74) is 2.63. The number of sulfone groups is 1. The van der Waals surface area contributed by atoms with E-state index in [1.807, 2.05) is 35.7 Å². The molecule has 5 nitrogen and oxygen atoms in total. The molecule has 0 atom stereocenters. The molecule has 4 rings (SSSR count). The molecule has 4 aromatic rings. The van der Waals surface area contributed by atoms with Crippen molar-refractivity contribution in [2.75, 3.05) is 11.6 Å². The second kappa shape index (κ2) is 7.42. The molecule has 0 saturated heterocycles. The van der Waals surface area contributed by atoms with Gasteiger partial charge in [-0.05, 0) is 41.5 Å². The molecule has 0 fully saturated rings. The summed E-state index contributed by atoms with van der Waals surface area (Å²) in [7, 11) is -3.41. The molecule has 1 amide bonds. The Kier molecular flexibility index (Phi) is 4.94. The third-order valence-electron chi connectivity index (χ3n) is 4.62. The number of nitrogens with one attached hydrogen (secondary N) is 1. The number of fused-ring (bicyclic) bond motifs is 1. The van der Waals surface area contributed by atoms with Crippen molar-refractivity contribution in [3.05, 3.63) is 77.2 Å². The van der Waals surface area contributed by atoms with Gasteiger partial charge in [0, 0.05) is 22.8 Å². The van der Waals surface area contributed by atoms with Crippen LogP contribution >= 0.6 is 11.3 Å². The lowest BCUT2D eigenvalue weighted by Gasteiger charge is -2.07. The predicted molar refractivity (Wildman–Crippen MR) is 117 cm³/mol. The Morgan fingerprint density at radius 1 is 1.00 bits per heavy atom. The van der Waals surface area contributed by atoms with Crippen molar-refractivity contribution in [1.82, 2.24) is 4.98 Å². The molecule has 0 bridgehead atoms. The highest BCUT2D eigenvalue weighted by molar-refractivity contribution is 7.90. The summed E-state index contributed by atoms with van der Waals surface area (Å²) in [6.45, 7) is 1.70. The van der Waals surface area contributed by atoms with Crippen LogP contribution in [-0.4, -0.2) is 25.6 Å². The zero-order valence-corrected chi connectivity index (χ0v) is 17.5. The maximum absolute atomic E-state index is 12.6. The number of carbonyl (C=O) groups is 1. The summed E-state index contributed by atoms with van der Waals surface area (Å²) >= 11 is 1.32. The fourth-order valence-electron chi connectivity index (χ4n) is 3.12. The Balaban J connectivity index is 1.58. The molecule has 7 heteroatoms. The van der Waals surface area contributed by atoms with Crippen LogP contribution in [0, 0.1) is 6.92 Å². The highest BCUT2D eigenvalue weighted by Gasteiger charge is 2.16. The first-order valence-corrected chi connectivity index (χ1v) is 11.7. The van der Waals surface area contributed by atoms with Crippen LogP contribution in [0.1, 0.15) is 15.9 Å². The summed E-state index contributed by atoms with van der Waals surface area (Å²) in [6.07, 6.45) is 1.13. The van der Waals surface area contributed by atoms with Crippen molar-refractivity contribution in [2.45, 2.75) is 11.8 Å². The number of thiazole rings is 1. The molecule has 1 heterocycles. The molecule has 3 aromatic carbocycles. The first kappa shape index (κ1) is 19.3. The highest BCUT2D eigenvalue weighted by Crippen LogP contribution is 2.28. The number of anilines is 1. The number of aryl methyl sites for hydroxylation is 1. The van der Waals surface area contributed by atoms with Gasteiger partial charge in [0.25, 0.3) is 5.91 Å². The standard InChI is InChI=1S/C22H18N2O3S2/c1-14-7-8-18(12-20(14)29(2,26)27)21(25)24-22-23-19(13-28-22)17-10-9-15-5-3-4-6-16(15)11-17/h3-13H,1-2H3,(H,23,24,25). The lowest BCUT2D eigenvalue weighted by molar-refractivity contribution is 0.102. The van der Waals surface area contributed by atoms with Gasteiger partial charge in [-0.25, -0.2) is 13.4 Å². The minimum absolute atomic E-state index is 0.154. The van der Waals surface area contributed by atoms with E-state index in [2.05, 4.69) is 22.4 Å². The van der Waals surface area contributed by atoms with Gasteiger partial charge in [-0.2, -0.15) is 0 Å². The monoisotopic (exact) mass is 422 g/mol. The van der Waals surface area contributed by atoms with Crippen molar-refractivity contribution in [2.24, 2.45) is 0 Å². The second-order valence-corrected chi connectivity index (χ2v) is 9.65. The summed E-state index contributed by atoms with van der Waals surface area (Å²) in [4.78, 5) is 17.2. The van der Waals surface area contributed by atoms with Gasteiger partial charge in [0.1, 0.15) is 0 Å². The van der Waals surface area contributed by atoms with E-state index < -0.39 is 15.7 Å². The Morgan fingerprint density at radius 2 is 1.76 bits per heavy atom. The summed E-state index contributed by atoms with van der Waals surface area (Å²) in [5, 5.41) is 7.38. The Morgan fingerprint density at radius 3 is 2.52 bits per heavy atom. The minimum Gasteiger partial charge on any atom is -0.298 e. The summed E-state index contributed by atoms with van der Waals surface area (Å²) in [6, 6.07) is 18.8. The SMILES string of the molecule is Cc1ccc(C(=O)Nc2nc(-c3ccc4ccccc4c3)cs2)cc1S(C)(=O)=O. The fraction of sp³-hybridized carbons (Fsp3) is 0.0909. The van der Waals surface area contributed by atoms with Gasteiger partial charge >= 0.3 is 0 Å². The van der Waals surface area contributed by atoms with Crippen LogP contribution in [-0.2, 0) is 9.84 Å². The van der Waals surface area contributed by atoms with Gasteiger partial charge in [0.05, 0.1) is 10.6 Å². The average Bonchev–Trinajstić information content (AvgIpc) is 3.15. The molecule has 0 spiro atoms. The third kappa shape index (κ3) is 4.06. The van der Waals surface area contributed by atoms with Crippen molar-refractivity contribution >= 4 is 43.0 Å². The van der Waals surface area contributed by atoms with Crippen LogP contribution in [0.3, 0.4) is 0 Å². The van der Waals surface area contributed by atoms with Gasteiger partial charge in [-0.3, -0.25) is 10.1 Å². The maximum atomic E-state index is 12.6. The molecular weight excluding hydrogens is 404 g/mol. The molecule has 0 aliphatic rings. The zero-order valence-electron chi connectivity index (χ0n) is 15.8. The molecular formula is C22H18N2O3S2. The van der Waals surface area contributed by atoms with Crippen molar-refractivity contribution in [3.8, 4) is 11.3 Å². The Bertz CT molecular complexity index is 1340. The quantitative estimate of drug-likeness (QED) is 0.506. The van der Waals surface area contributed by atoms with Gasteiger partial charge in [0.15, 0.2) is 15.0 Å². The number of nitrogens with zero attached hydrogens (tertiary/aromatic N) is 1. The number of rotatable bonds is 4. The Hall–Kier alpha value is -3.03. The van der Waals surface area contributed by atoms with Gasteiger partial charge in [0.2, 0.25) is 0 Å². The number of hydrogen-bond donors (Lipinski definition) is 1. The van der Waals surface area contributed by atoms with Crippen LogP contribution < -0.4 is 5.32 Å². The Labute approximate surface area is 173 Å². The van der Waals surface area contributed by atoms with E-state index in [0.29, 0.717) is 10.7 Å². The number of hydrogen-bond acceptors (Lipinski definition) is 5. The molecule has 29 heavy (non-hydrogen) atoms. The molecule has 0 radical (unpaired) electrons. The average molecular weight is 423 g/mol. The smallest absolute Gasteiger partial charge is 0.257 e. The fourth-order valence-corrected chi connectivity index (χ4v) is 4.83. The van der Waals surface area contributed by atoms with Crippen molar-refractivity contribution in [1.29, 1.82) is 0 Å². The molecule has 1 N–H and O–H groups in total. The normalized spacial score (nSPS) is 11.5. The van der Waals surface area contributed by atoms with Crippen LogP contribution in [0.25, 0.3) is 22.0 Å². The zero-order chi connectivity index (χ0) is 20.6. The van der Waals surface area contributed by atoms with E-state index in [1.54, 1.807) is 19.1 Å². The van der Waals surface area contributed by atoms with Crippen molar-refractivity contribution in [3.63, 3.8) is 0 Å². The largest absolute Gasteiger partial charge is 0.298 e. The minimum atomic E-state index is -3.41. The van der Waals surface area contributed by atoms with Crippen LogP contribution in [0.4, 0.5) is 5.13 Å². The highest BCUT2D eigenvalue weighted by atomic mass is 32.2. The van der Waals surface area contributed by atoms with Gasteiger partial charge in [-0.1, -0.05) is 42.5 Å². The first-order chi connectivity index (χ1) is 13.8. The number of amides is 1. The number of aromatic nitrogens is 1. The molecule has 0 saturated carbocycles. The second-order valence-electron chi connectivity index (χ2n) is 6.81. The van der Waals surface area contributed by atoms with E-state index in [0.717, 1.165) is 28.3 Å². The summed E-state index contributed by atoms with van der Waals surface area (Å²) in [5.74, 6) is -0.394. The molecule has 0 aliphatic carbocycles. The predicted octanol–water partition coefficient (Wildman–Crippen LogP) is 4.93. The third-order valence-corrected chi connectivity index (χ3v) is 6.62. The molecule has 1 aromatic heterocycles. The lowest BCUT2D eigenvalue weighted by atomic mass is 10.1. The number of carbonyl (C=O) groups excluding carboxylic acids is 1. The van der Waals surface area contributed by atoms with Crippen LogP contribution in [0.2, 0.25) is 0 Å². The molecule has 0 unspecified atom stereocenters. The summed E-state index contributed by atoms with van der Waals surface area (Å²) < 4.78 is 23.8. The first-order valence-electron chi connectivity index (χ1n) is 8.88. The van der Waals surface area contributed by atoms with E-state index in [9.17, 15) is 13.2 Å². The van der Waals surface area contributed by atoms with E-state index in [1.165, 1.54) is 17.4 Å². The van der Waals surface area contributed by atoms with Crippen LogP contribution in [0.5, 0.6) is 0 Å². The van der Waals surface area contributed by atoms with Gasteiger partial charge in [-0.15, -0.1) is 11.3 Å². The molecule has 0 aliphatic heterocycles. The van der Waals surface area contributed by atoms with Gasteiger partial charge < -0.3 is 0 Å². The van der Waals surface area contributed by atoms with Crippen molar-refractivity contribution < 1.29 is 13.2 Å². The van der Waals surface area contributed by atoms with E-state index >= 15 is 0 Å². The van der Waals surface area contributed by atoms with E-state index in [4.69, 9.17) is 0 Å².